The van der Waals surface area contributed by atoms with Crippen LogP contribution in [0.25, 0.3) is 0 Å². The molecule has 20 heavy (non-hydrogen) atoms. The summed E-state index contributed by atoms with van der Waals surface area (Å²) >= 11 is 0. The zero-order valence-electron chi connectivity index (χ0n) is 11.7. The molecule has 1 saturated heterocycles. The van der Waals surface area contributed by atoms with E-state index in [9.17, 15) is 13.2 Å². The number of benzene rings is 1. The Morgan fingerprint density at radius 1 is 1.30 bits per heavy atom. The summed E-state index contributed by atoms with van der Waals surface area (Å²) in [4.78, 5) is 14.5. The Balaban J connectivity index is 2.25. The second-order valence-electron chi connectivity index (χ2n) is 5.27. The molecule has 0 bridgehead atoms. The molecule has 2 rings (SSSR count). The van der Waals surface area contributed by atoms with E-state index in [4.69, 9.17) is 5.14 Å². The molecule has 0 spiro atoms. The number of carbonyl (C=O) groups is 1. The van der Waals surface area contributed by atoms with Gasteiger partial charge in [0.2, 0.25) is 10.0 Å². The number of nitrogens with zero attached hydrogens (tertiary/aromatic N) is 1. The van der Waals surface area contributed by atoms with Crippen LogP contribution in [0.15, 0.2) is 29.2 Å². The number of sulfonamides is 1. The van der Waals surface area contributed by atoms with Crippen LogP contribution in [0.5, 0.6) is 0 Å². The molecule has 1 heterocycles. The highest BCUT2D eigenvalue weighted by molar-refractivity contribution is 7.89. The van der Waals surface area contributed by atoms with Gasteiger partial charge in [0.25, 0.3) is 5.91 Å². The van der Waals surface area contributed by atoms with Crippen molar-refractivity contribution in [2.75, 3.05) is 0 Å². The average molecular weight is 296 g/mol. The van der Waals surface area contributed by atoms with Crippen LogP contribution in [0.3, 0.4) is 0 Å². The molecule has 0 saturated carbocycles. The molecule has 1 aliphatic heterocycles. The first-order chi connectivity index (χ1) is 9.34. The number of primary sulfonamides is 1. The fraction of sp³-hybridized carbons (Fsp3) is 0.500. The molecule has 6 heteroatoms. The highest BCUT2D eigenvalue weighted by Crippen LogP contribution is 2.28. The van der Waals surface area contributed by atoms with Crippen LogP contribution in [-0.2, 0) is 10.0 Å². The van der Waals surface area contributed by atoms with E-state index >= 15 is 0 Å². The molecule has 110 valence electrons. The lowest BCUT2D eigenvalue weighted by Gasteiger charge is -2.28. The second kappa shape index (κ2) is 5.54. The van der Waals surface area contributed by atoms with Crippen LogP contribution in [-0.4, -0.2) is 31.3 Å². The fourth-order valence-electron chi connectivity index (χ4n) is 2.77. The topological polar surface area (TPSA) is 80.5 Å². The van der Waals surface area contributed by atoms with Crippen molar-refractivity contribution in [2.45, 2.75) is 50.1 Å². The van der Waals surface area contributed by atoms with Crippen LogP contribution < -0.4 is 5.14 Å². The molecule has 1 aliphatic rings. The van der Waals surface area contributed by atoms with Crippen LogP contribution in [0.1, 0.15) is 43.5 Å². The third-order valence-corrected chi connectivity index (χ3v) is 4.85. The molecule has 1 fully saturated rings. The van der Waals surface area contributed by atoms with Gasteiger partial charge in [-0.15, -0.1) is 0 Å². The molecule has 2 unspecified atom stereocenters. The Hall–Kier alpha value is -1.40. The summed E-state index contributed by atoms with van der Waals surface area (Å²) in [6.07, 6.45) is 2.98. The number of hydrogen-bond donors (Lipinski definition) is 1. The van der Waals surface area contributed by atoms with Crippen molar-refractivity contribution in [3.05, 3.63) is 29.8 Å². The Kier molecular flexibility index (Phi) is 4.15. The number of likely N-dealkylation sites (tertiary alicyclic amines) is 1. The van der Waals surface area contributed by atoms with Crippen LogP contribution in [0.2, 0.25) is 0 Å². The first kappa shape index (κ1) is 15.0. The van der Waals surface area contributed by atoms with Crippen molar-refractivity contribution in [3.8, 4) is 0 Å². The minimum Gasteiger partial charge on any atom is -0.333 e. The normalized spacial score (nSPS) is 23.1. The van der Waals surface area contributed by atoms with Crippen LogP contribution >= 0.6 is 0 Å². The molecule has 2 N–H and O–H groups in total. The summed E-state index contributed by atoms with van der Waals surface area (Å²) in [6, 6.07) is 6.31. The van der Waals surface area contributed by atoms with Gasteiger partial charge in [-0.05, 0) is 50.5 Å². The molecule has 1 amide bonds. The summed E-state index contributed by atoms with van der Waals surface area (Å²) in [7, 11) is -3.72. The summed E-state index contributed by atoms with van der Waals surface area (Å²) in [6.45, 7) is 4.12. The maximum Gasteiger partial charge on any atom is 0.254 e. The fourth-order valence-corrected chi connectivity index (χ4v) is 3.29. The van der Waals surface area contributed by atoms with Gasteiger partial charge < -0.3 is 4.90 Å². The van der Waals surface area contributed by atoms with E-state index in [1.807, 2.05) is 11.8 Å². The Labute approximate surface area is 119 Å². The van der Waals surface area contributed by atoms with Gasteiger partial charge in [0.15, 0.2) is 0 Å². The molecule has 0 aromatic heterocycles. The zero-order valence-corrected chi connectivity index (χ0v) is 12.6. The van der Waals surface area contributed by atoms with Gasteiger partial charge >= 0.3 is 0 Å². The van der Waals surface area contributed by atoms with Gasteiger partial charge in [0.05, 0.1) is 4.90 Å². The monoisotopic (exact) mass is 296 g/mol. The van der Waals surface area contributed by atoms with Gasteiger partial charge in [-0.2, -0.15) is 0 Å². The smallest absolute Gasteiger partial charge is 0.254 e. The van der Waals surface area contributed by atoms with E-state index in [2.05, 4.69) is 6.92 Å². The first-order valence-corrected chi connectivity index (χ1v) is 8.34. The van der Waals surface area contributed by atoms with E-state index in [1.165, 1.54) is 24.3 Å². The minimum atomic E-state index is -3.72. The van der Waals surface area contributed by atoms with Gasteiger partial charge in [0.1, 0.15) is 0 Å². The molecular formula is C14H20N2O3S. The molecule has 2 atom stereocenters. The van der Waals surface area contributed by atoms with Crippen molar-refractivity contribution in [1.29, 1.82) is 0 Å². The SMILES string of the molecule is CCC1CCC(C)N1C(=O)c1ccc(S(N)(=O)=O)cc1. The van der Waals surface area contributed by atoms with E-state index in [0.29, 0.717) is 5.56 Å². The van der Waals surface area contributed by atoms with Gasteiger partial charge in [-0.1, -0.05) is 6.92 Å². The summed E-state index contributed by atoms with van der Waals surface area (Å²) in [5.74, 6) is -0.0391. The maximum absolute atomic E-state index is 12.5. The summed E-state index contributed by atoms with van der Waals surface area (Å²) in [5.41, 5.74) is 0.504. The minimum absolute atomic E-state index is 0.0237. The van der Waals surface area contributed by atoms with E-state index in [1.54, 1.807) is 0 Å². The molecule has 1 aromatic carbocycles. The zero-order chi connectivity index (χ0) is 14.9. The lowest BCUT2D eigenvalue weighted by molar-refractivity contribution is 0.0676. The number of amides is 1. The number of nitrogens with two attached hydrogens (primary N) is 1. The summed E-state index contributed by atoms with van der Waals surface area (Å²) in [5, 5.41) is 5.05. The first-order valence-electron chi connectivity index (χ1n) is 6.80. The average Bonchev–Trinajstić information content (AvgIpc) is 2.78. The van der Waals surface area contributed by atoms with Crippen molar-refractivity contribution < 1.29 is 13.2 Å². The summed E-state index contributed by atoms with van der Waals surface area (Å²) < 4.78 is 22.4. The lowest BCUT2D eigenvalue weighted by Crippen LogP contribution is -2.39. The molecule has 0 radical (unpaired) electrons. The number of carbonyl (C=O) groups excluding carboxylic acids is 1. The highest BCUT2D eigenvalue weighted by atomic mass is 32.2. The second-order valence-corrected chi connectivity index (χ2v) is 6.83. The van der Waals surface area contributed by atoms with E-state index in [-0.39, 0.29) is 22.9 Å². The number of rotatable bonds is 3. The molecule has 1 aromatic rings. The van der Waals surface area contributed by atoms with Crippen molar-refractivity contribution in [1.82, 2.24) is 4.90 Å². The third-order valence-electron chi connectivity index (χ3n) is 3.92. The number of hydrogen-bond acceptors (Lipinski definition) is 3. The largest absolute Gasteiger partial charge is 0.333 e. The molecule has 5 nitrogen and oxygen atoms in total. The third kappa shape index (κ3) is 2.86. The predicted octanol–water partition coefficient (Wildman–Crippen LogP) is 1.74. The quantitative estimate of drug-likeness (QED) is 0.922. The van der Waals surface area contributed by atoms with Gasteiger partial charge in [-0.25, -0.2) is 13.6 Å². The van der Waals surface area contributed by atoms with Crippen molar-refractivity contribution in [3.63, 3.8) is 0 Å². The van der Waals surface area contributed by atoms with Crippen LogP contribution in [0.4, 0.5) is 0 Å². The Bertz CT molecular complexity index is 595. The van der Waals surface area contributed by atoms with Crippen molar-refractivity contribution in [2.24, 2.45) is 5.14 Å². The van der Waals surface area contributed by atoms with Gasteiger partial charge in [0, 0.05) is 17.6 Å². The Morgan fingerprint density at radius 3 is 2.40 bits per heavy atom. The molecule has 0 aliphatic carbocycles. The standard InChI is InChI=1S/C14H20N2O3S/c1-3-12-7-4-10(2)16(12)14(17)11-5-8-13(9-6-11)20(15,18)19/h5-6,8-10,12H,3-4,7H2,1-2H3,(H2,15,18,19). The predicted molar refractivity (Wildman–Crippen MR) is 76.8 cm³/mol. The molecular weight excluding hydrogens is 276 g/mol. The van der Waals surface area contributed by atoms with E-state index in [0.717, 1.165) is 19.3 Å². The lowest BCUT2D eigenvalue weighted by atomic mass is 10.1. The van der Waals surface area contributed by atoms with Gasteiger partial charge in [-0.3, -0.25) is 4.79 Å². The van der Waals surface area contributed by atoms with Crippen LogP contribution in [0, 0.1) is 0 Å². The maximum atomic E-state index is 12.5. The van der Waals surface area contributed by atoms with E-state index < -0.39 is 10.0 Å². The highest BCUT2D eigenvalue weighted by Gasteiger charge is 2.33. The van der Waals surface area contributed by atoms with Crippen molar-refractivity contribution >= 4 is 15.9 Å². The Morgan fingerprint density at radius 2 is 1.90 bits per heavy atom.